The van der Waals surface area contributed by atoms with Gasteiger partial charge in [-0.15, -0.1) is 0 Å². The first-order valence-corrected chi connectivity index (χ1v) is 15.1. The zero-order chi connectivity index (χ0) is 27.1. The van der Waals surface area contributed by atoms with Crippen LogP contribution in [0.4, 0.5) is 10.1 Å². The van der Waals surface area contributed by atoms with Crippen molar-refractivity contribution in [3.63, 3.8) is 0 Å². The molecule has 0 spiro atoms. The van der Waals surface area contributed by atoms with Crippen molar-refractivity contribution < 1.29 is 13.6 Å². The van der Waals surface area contributed by atoms with E-state index in [1.807, 2.05) is 19.9 Å². The molecule has 1 aromatic carbocycles. The van der Waals surface area contributed by atoms with E-state index >= 15 is 0 Å². The van der Waals surface area contributed by atoms with Crippen LogP contribution in [0.1, 0.15) is 58.4 Å². The number of rotatable bonds is 7. The second-order valence-electron chi connectivity index (χ2n) is 11.8. The molecule has 2 aromatic rings. The molecule has 0 fully saturated rings. The van der Waals surface area contributed by atoms with E-state index in [0.29, 0.717) is 24.5 Å². The number of amides is 1. The van der Waals surface area contributed by atoms with Gasteiger partial charge in [0.1, 0.15) is 5.82 Å². The van der Waals surface area contributed by atoms with Crippen LogP contribution in [0.15, 0.2) is 35.4 Å². The van der Waals surface area contributed by atoms with Crippen LogP contribution >= 0.6 is 0 Å². The SMILES string of the molecule is C[C@H](N=[N+]=[N-])[C@H](N)C(=O)N1CC(C)(C)c2nc(O[Si](C)(C)C(C)(C)C)c(Cc3ccc(F)cc3)cc21. The number of azide groups is 1. The summed E-state index contributed by atoms with van der Waals surface area (Å²) in [6, 6.07) is 6.62. The topological polar surface area (TPSA) is 117 Å². The highest BCUT2D eigenvalue weighted by atomic mass is 28.4. The van der Waals surface area contributed by atoms with Crippen LogP contribution in [0, 0.1) is 5.82 Å². The molecule has 1 aliphatic rings. The van der Waals surface area contributed by atoms with Crippen LogP contribution in [0.25, 0.3) is 10.4 Å². The van der Waals surface area contributed by atoms with Crippen molar-refractivity contribution in [2.24, 2.45) is 10.8 Å². The van der Waals surface area contributed by atoms with Gasteiger partial charge in [-0.25, -0.2) is 9.37 Å². The Morgan fingerprint density at radius 1 is 1.33 bits per heavy atom. The van der Waals surface area contributed by atoms with Crippen LogP contribution in [-0.2, 0) is 16.6 Å². The molecule has 0 radical (unpaired) electrons. The molecule has 0 bridgehead atoms. The normalized spacial score (nSPS) is 16.7. The van der Waals surface area contributed by atoms with Gasteiger partial charge in [0, 0.05) is 28.9 Å². The summed E-state index contributed by atoms with van der Waals surface area (Å²) in [5.41, 5.74) is 17.7. The lowest BCUT2D eigenvalue weighted by Gasteiger charge is -2.36. The van der Waals surface area contributed by atoms with E-state index in [-0.39, 0.29) is 16.8 Å². The predicted molar refractivity (Wildman–Crippen MR) is 143 cm³/mol. The van der Waals surface area contributed by atoms with Gasteiger partial charge in [-0.1, -0.05) is 58.8 Å². The number of halogens is 1. The van der Waals surface area contributed by atoms with Gasteiger partial charge in [0.25, 0.3) is 8.32 Å². The predicted octanol–water partition coefficient (Wildman–Crippen LogP) is 5.85. The zero-order valence-corrected chi connectivity index (χ0v) is 23.5. The highest BCUT2D eigenvalue weighted by Crippen LogP contribution is 2.44. The van der Waals surface area contributed by atoms with Gasteiger partial charge in [-0.3, -0.25) is 4.79 Å². The van der Waals surface area contributed by atoms with Gasteiger partial charge in [0.15, 0.2) is 0 Å². The average molecular weight is 513 g/mol. The Morgan fingerprint density at radius 2 is 1.94 bits per heavy atom. The minimum atomic E-state index is -2.23. The van der Waals surface area contributed by atoms with Gasteiger partial charge in [0.2, 0.25) is 11.8 Å². The highest BCUT2D eigenvalue weighted by molar-refractivity contribution is 6.74. The van der Waals surface area contributed by atoms with Gasteiger partial charge < -0.3 is 15.1 Å². The number of fused-ring (bicyclic) bond motifs is 1. The van der Waals surface area contributed by atoms with Crippen LogP contribution in [0.3, 0.4) is 0 Å². The summed E-state index contributed by atoms with van der Waals surface area (Å²) in [4.78, 5) is 22.8. The molecule has 2 atom stereocenters. The minimum Gasteiger partial charge on any atom is -0.530 e. The van der Waals surface area contributed by atoms with Crippen molar-refractivity contribution in [2.45, 2.75) is 83.6 Å². The molecule has 2 N–H and O–H groups in total. The second-order valence-corrected chi connectivity index (χ2v) is 16.5. The summed E-state index contributed by atoms with van der Waals surface area (Å²) >= 11 is 0. The molecule has 0 saturated carbocycles. The summed E-state index contributed by atoms with van der Waals surface area (Å²) in [6.45, 7) is 16.9. The third-order valence-electron chi connectivity index (χ3n) is 7.30. The molecule has 0 unspecified atom stereocenters. The van der Waals surface area contributed by atoms with Crippen LogP contribution in [0.2, 0.25) is 18.1 Å². The molecule has 0 saturated heterocycles. The second kappa shape index (κ2) is 9.84. The Bertz CT molecular complexity index is 1190. The maximum absolute atomic E-state index is 13.5. The van der Waals surface area contributed by atoms with Crippen LogP contribution in [0.5, 0.6) is 5.88 Å². The first-order chi connectivity index (χ1) is 16.6. The number of aromatic nitrogens is 1. The zero-order valence-electron chi connectivity index (χ0n) is 22.5. The molecule has 10 heteroatoms. The number of anilines is 1. The van der Waals surface area contributed by atoms with Gasteiger partial charge in [-0.2, -0.15) is 0 Å². The van der Waals surface area contributed by atoms with E-state index in [1.165, 1.54) is 12.1 Å². The van der Waals surface area contributed by atoms with Crippen LogP contribution in [-0.4, -0.2) is 37.8 Å². The monoisotopic (exact) mass is 512 g/mol. The Kier molecular flexibility index (Phi) is 7.56. The number of hydrogen-bond donors (Lipinski definition) is 1. The van der Waals surface area contributed by atoms with Gasteiger partial charge >= 0.3 is 0 Å². The molecule has 194 valence electrons. The molecule has 2 heterocycles. The summed E-state index contributed by atoms with van der Waals surface area (Å²) < 4.78 is 20.2. The number of benzene rings is 1. The molecule has 1 amide bonds. The van der Waals surface area contributed by atoms with Crippen molar-refractivity contribution in [1.29, 1.82) is 0 Å². The first-order valence-electron chi connectivity index (χ1n) is 12.2. The Labute approximate surface area is 213 Å². The smallest absolute Gasteiger partial charge is 0.252 e. The third-order valence-corrected chi connectivity index (χ3v) is 11.6. The van der Waals surface area contributed by atoms with E-state index in [0.717, 1.165) is 16.8 Å². The molecule has 36 heavy (non-hydrogen) atoms. The quantitative estimate of drug-likeness (QED) is 0.217. The number of hydrogen-bond acceptors (Lipinski definition) is 5. The largest absolute Gasteiger partial charge is 0.530 e. The van der Waals surface area contributed by atoms with E-state index < -0.39 is 25.8 Å². The summed E-state index contributed by atoms with van der Waals surface area (Å²) in [6.07, 6.45) is 0.466. The molecule has 3 rings (SSSR count). The third kappa shape index (κ3) is 5.56. The highest BCUT2D eigenvalue weighted by Gasteiger charge is 2.44. The Balaban J connectivity index is 2.13. The molecule has 1 aliphatic heterocycles. The molecule has 8 nitrogen and oxygen atoms in total. The molecule has 0 aliphatic carbocycles. The fourth-order valence-electron chi connectivity index (χ4n) is 3.95. The maximum Gasteiger partial charge on any atom is 0.252 e. The van der Waals surface area contributed by atoms with E-state index in [2.05, 4.69) is 43.9 Å². The lowest BCUT2D eigenvalue weighted by atomic mass is 9.91. The Hall–Kier alpha value is -2.94. The molecular weight excluding hydrogens is 475 g/mol. The number of nitrogens with two attached hydrogens (primary N) is 1. The van der Waals surface area contributed by atoms with Crippen molar-refractivity contribution in [2.75, 3.05) is 11.4 Å². The summed E-state index contributed by atoms with van der Waals surface area (Å²) in [7, 11) is -2.23. The molecule has 1 aromatic heterocycles. The Morgan fingerprint density at radius 3 is 2.50 bits per heavy atom. The number of nitrogens with zero attached hydrogens (tertiary/aromatic N) is 5. The fraction of sp³-hybridized carbons (Fsp3) is 0.538. The van der Waals surface area contributed by atoms with Crippen LogP contribution < -0.4 is 15.1 Å². The summed E-state index contributed by atoms with van der Waals surface area (Å²) in [5, 5.41) is 3.57. The number of carbonyl (C=O) groups is 1. The van der Waals surface area contributed by atoms with E-state index in [4.69, 9.17) is 20.7 Å². The van der Waals surface area contributed by atoms with E-state index in [9.17, 15) is 9.18 Å². The lowest BCUT2D eigenvalue weighted by molar-refractivity contribution is -0.120. The minimum absolute atomic E-state index is 0.0392. The standard InChI is InChI=1S/C26H37FN6O2Si/c1-16(31-32-29)21(28)24(34)33-15-26(5,6)22-20(33)14-18(13-17-9-11-19(27)12-10-17)23(30-22)35-36(7,8)25(2,3)4/h9-12,14,16,21H,13,15,28H2,1-8H3/t16-,21-/m0/s1. The van der Waals surface area contributed by atoms with Crippen molar-refractivity contribution in [3.05, 3.63) is 63.4 Å². The van der Waals surface area contributed by atoms with Gasteiger partial charge in [0.05, 0.1) is 23.5 Å². The van der Waals surface area contributed by atoms with Crippen molar-refractivity contribution in [1.82, 2.24) is 4.98 Å². The van der Waals surface area contributed by atoms with Crippen molar-refractivity contribution >= 4 is 19.9 Å². The number of pyridine rings is 1. The lowest BCUT2D eigenvalue weighted by Crippen LogP contribution is -2.49. The van der Waals surface area contributed by atoms with E-state index in [1.54, 1.807) is 24.0 Å². The summed E-state index contributed by atoms with van der Waals surface area (Å²) in [5.74, 6) is -0.0710. The first kappa shape index (κ1) is 27.6. The molecular formula is C26H37FN6O2Si. The van der Waals surface area contributed by atoms with Gasteiger partial charge in [-0.05, 0) is 47.4 Å². The average Bonchev–Trinajstić information content (AvgIpc) is 3.03. The number of carbonyl (C=O) groups excluding carboxylic acids is 1. The van der Waals surface area contributed by atoms with Crippen molar-refractivity contribution in [3.8, 4) is 5.88 Å². The fourth-order valence-corrected chi connectivity index (χ4v) is 4.92. The maximum atomic E-state index is 13.5.